The van der Waals surface area contributed by atoms with Crippen LogP contribution in [-0.2, 0) is 0 Å². The van der Waals surface area contributed by atoms with E-state index in [2.05, 4.69) is 0 Å². The normalized spacial score (nSPS) is 9.74. The van der Waals surface area contributed by atoms with E-state index in [-0.39, 0.29) is 0 Å². The van der Waals surface area contributed by atoms with Crippen molar-refractivity contribution in [3.8, 4) is 23.3 Å². The van der Waals surface area contributed by atoms with Gasteiger partial charge in [-0.1, -0.05) is 6.07 Å². The van der Waals surface area contributed by atoms with Crippen molar-refractivity contribution in [3.63, 3.8) is 0 Å². The van der Waals surface area contributed by atoms with Crippen LogP contribution in [0.1, 0.15) is 11.1 Å². The molecule has 0 bridgehead atoms. The van der Waals surface area contributed by atoms with E-state index in [0.29, 0.717) is 28.5 Å². The van der Waals surface area contributed by atoms with Crippen molar-refractivity contribution in [2.45, 2.75) is 6.92 Å². The highest BCUT2D eigenvalue weighted by Crippen LogP contribution is 2.34. The molecule has 2 aromatic rings. The first-order valence-corrected chi connectivity index (χ1v) is 5.76. The Labute approximate surface area is 112 Å². The molecule has 0 saturated heterocycles. The number of ether oxygens (including phenoxy) is 2. The quantitative estimate of drug-likeness (QED) is 0.854. The van der Waals surface area contributed by atoms with Gasteiger partial charge in [-0.05, 0) is 42.8 Å². The van der Waals surface area contributed by atoms with Crippen LogP contribution in [-0.4, -0.2) is 7.11 Å². The fraction of sp³-hybridized carbons (Fsp3) is 0.133. The lowest BCUT2D eigenvalue weighted by atomic mass is 10.2. The summed E-state index contributed by atoms with van der Waals surface area (Å²) in [5, 5.41) is 8.79. The van der Waals surface area contributed by atoms with E-state index in [4.69, 9.17) is 20.5 Å². The summed E-state index contributed by atoms with van der Waals surface area (Å²) in [6.45, 7) is 1.97. The Morgan fingerprint density at radius 3 is 2.42 bits per heavy atom. The van der Waals surface area contributed by atoms with Crippen molar-refractivity contribution in [3.05, 3.63) is 47.5 Å². The minimum Gasteiger partial charge on any atom is -0.493 e. The number of benzene rings is 2. The molecule has 0 spiro atoms. The molecule has 0 aliphatic carbocycles. The Balaban J connectivity index is 2.34. The van der Waals surface area contributed by atoms with Crippen molar-refractivity contribution < 1.29 is 9.47 Å². The van der Waals surface area contributed by atoms with Gasteiger partial charge in [-0.3, -0.25) is 0 Å². The third-order valence-corrected chi connectivity index (χ3v) is 2.68. The fourth-order valence-electron chi connectivity index (χ4n) is 1.69. The molecule has 2 rings (SSSR count). The van der Waals surface area contributed by atoms with Crippen molar-refractivity contribution in [1.29, 1.82) is 5.26 Å². The number of nitriles is 1. The number of aryl methyl sites for hydroxylation is 1. The maximum absolute atomic E-state index is 8.79. The van der Waals surface area contributed by atoms with Crippen LogP contribution in [0.3, 0.4) is 0 Å². The van der Waals surface area contributed by atoms with Crippen molar-refractivity contribution >= 4 is 5.69 Å². The molecule has 4 heteroatoms. The van der Waals surface area contributed by atoms with E-state index in [1.807, 2.05) is 31.2 Å². The molecule has 0 unspecified atom stereocenters. The van der Waals surface area contributed by atoms with Crippen LogP contribution in [0.15, 0.2) is 36.4 Å². The van der Waals surface area contributed by atoms with Crippen LogP contribution in [0.25, 0.3) is 0 Å². The highest BCUT2D eigenvalue weighted by molar-refractivity contribution is 5.58. The highest BCUT2D eigenvalue weighted by atomic mass is 16.5. The second-order valence-corrected chi connectivity index (χ2v) is 4.12. The van der Waals surface area contributed by atoms with E-state index in [1.165, 1.54) is 0 Å². The molecule has 4 nitrogen and oxygen atoms in total. The van der Waals surface area contributed by atoms with Crippen LogP contribution < -0.4 is 15.2 Å². The summed E-state index contributed by atoms with van der Waals surface area (Å²) in [6.07, 6.45) is 0. The molecule has 0 radical (unpaired) electrons. The maximum atomic E-state index is 8.79. The van der Waals surface area contributed by atoms with Crippen LogP contribution >= 0.6 is 0 Å². The predicted molar refractivity (Wildman–Crippen MR) is 73.4 cm³/mol. The van der Waals surface area contributed by atoms with E-state index >= 15 is 0 Å². The molecule has 0 fully saturated rings. The minimum atomic E-state index is 0.418. The maximum Gasteiger partial charge on any atom is 0.169 e. The van der Waals surface area contributed by atoms with Gasteiger partial charge in [0.2, 0.25) is 0 Å². The van der Waals surface area contributed by atoms with Crippen molar-refractivity contribution in [2.75, 3.05) is 12.8 Å². The molecule has 2 N–H and O–H groups in total. The Morgan fingerprint density at radius 2 is 1.79 bits per heavy atom. The van der Waals surface area contributed by atoms with Gasteiger partial charge in [0, 0.05) is 0 Å². The number of hydrogen-bond donors (Lipinski definition) is 1. The molecule has 0 amide bonds. The number of anilines is 1. The Hall–Kier alpha value is -2.67. The molecule has 0 atom stereocenters. The number of nitrogens with two attached hydrogens (primary N) is 1. The molecule has 0 heterocycles. The third kappa shape index (κ3) is 2.78. The number of methoxy groups -OCH3 is 1. The molecular weight excluding hydrogens is 240 g/mol. The topological polar surface area (TPSA) is 68.3 Å². The summed E-state index contributed by atoms with van der Waals surface area (Å²) in [7, 11) is 1.59. The molecular formula is C15H14N2O2. The number of nitrogens with zero attached hydrogens (tertiary/aromatic N) is 1. The summed E-state index contributed by atoms with van der Waals surface area (Å²) < 4.78 is 11.0. The van der Waals surface area contributed by atoms with Gasteiger partial charge in [0.15, 0.2) is 17.2 Å². The van der Waals surface area contributed by atoms with E-state index < -0.39 is 0 Å². The van der Waals surface area contributed by atoms with Gasteiger partial charge in [0.05, 0.1) is 24.4 Å². The largest absolute Gasteiger partial charge is 0.493 e. The molecule has 2 aromatic carbocycles. The van der Waals surface area contributed by atoms with Gasteiger partial charge in [-0.2, -0.15) is 5.26 Å². The lowest BCUT2D eigenvalue weighted by Gasteiger charge is -2.12. The SMILES string of the molecule is COc1cc(C)ccc1Oc1ccc(C#N)cc1N. The Morgan fingerprint density at radius 1 is 1.05 bits per heavy atom. The first-order valence-electron chi connectivity index (χ1n) is 5.76. The van der Waals surface area contributed by atoms with E-state index in [0.717, 1.165) is 5.56 Å². The standard InChI is InChI=1S/C15H14N2O2/c1-10-3-5-14(15(7-10)18-2)19-13-6-4-11(9-16)8-12(13)17/h3-8H,17H2,1-2H3. The molecule has 0 aromatic heterocycles. The minimum absolute atomic E-state index is 0.418. The average molecular weight is 254 g/mol. The van der Waals surface area contributed by atoms with Crippen molar-refractivity contribution in [1.82, 2.24) is 0 Å². The second-order valence-electron chi connectivity index (χ2n) is 4.12. The van der Waals surface area contributed by atoms with Gasteiger partial charge in [-0.15, -0.1) is 0 Å². The van der Waals surface area contributed by atoms with Crippen LogP contribution in [0, 0.1) is 18.3 Å². The summed E-state index contributed by atoms with van der Waals surface area (Å²) in [6, 6.07) is 12.6. The number of rotatable bonds is 3. The van der Waals surface area contributed by atoms with Gasteiger partial charge in [0.25, 0.3) is 0 Å². The van der Waals surface area contributed by atoms with Gasteiger partial charge >= 0.3 is 0 Å². The molecule has 0 aliphatic heterocycles. The van der Waals surface area contributed by atoms with Gasteiger partial charge in [0.1, 0.15) is 0 Å². The number of nitrogen functional groups attached to an aromatic ring is 1. The second kappa shape index (κ2) is 5.32. The zero-order chi connectivity index (χ0) is 13.8. The molecule has 96 valence electrons. The molecule has 0 aliphatic rings. The Bertz CT molecular complexity index is 645. The molecule has 19 heavy (non-hydrogen) atoms. The fourth-order valence-corrected chi connectivity index (χ4v) is 1.69. The Kier molecular flexibility index (Phi) is 3.58. The van der Waals surface area contributed by atoms with Crippen molar-refractivity contribution in [2.24, 2.45) is 0 Å². The third-order valence-electron chi connectivity index (χ3n) is 2.68. The predicted octanol–water partition coefficient (Wildman–Crippen LogP) is 3.25. The van der Waals surface area contributed by atoms with E-state index in [9.17, 15) is 0 Å². The first-order chi connectivity index (χ1) is 9.13. The monoisotopic (exact) mass is 254 g/mol. The van der Waals surface area contributed by atoms with Gasteiger partial charge < -0.3 is 15.2 Å². The zero-order valence-corrected chi connectivity index (χ0v) is 10.8. The number of hydrogen-bond acceptors (Lipinski definition) is 4. The van der Waals surface area contributed by atoms with Gasteiger partial charge in [-0.25, -0.2) is 0 Å². The lowest BCUT2D eigenvalue weighted by molar-refractivity contribution is 0.379. The highest BCUT2D eigenvalue weighted by Gasteiger charge is 2.08. The zero-order valence-electron chi connectivity index (χ0n) is 10.8. The van der Waals surface area contributed by atoms with Crippen LogP contribution in [0.5, 0.6) is 17.2 Å². The average Bonchev–Trinajstić information content (AvgIpc) is 2.42. The lowest BCUT2D eigenvalue weighted by Crippen LogP contribution is -1.95. The summed E-state index contributed by atoms with van der Waals surface area (Å²) >= 11 is 0. The first kappa shape index (κ1) is 12.8. The van der Waals surface area contributed by atoms with E-state index in [1.54, 1.807) is 25.3 Å². The summed E-state index contributed by atoms with van der Waals surface area (Å²) in [5.74, 6) is 1.73. The molecule has 0 saturated carbocycles. The van der Waals surface area contributed by atoms with Crippen LogP contribution in [0.2, 0.25) is 0 Å². The summed E-state index contributed by atoms with van der Waals surface area (Å²) in [5.41, 5.74) is 7.85. The van der Waals surface area contributed by atoms with Crippen LogP contribution in [0.4, 0.5) is 5.69 Å². The smallest absolute Gasteiger partial charge is 0.169 e. The summed E-state index contributed by atoms with van der Waals surface area (Å²) in [4.78, 5) is 0.